The van der Waals surface area contributed by atoms with Crippen LogP contribution in [0.5, 0.6) is 0 Å². The van der Waals surface area contributed by atoms with Crippen LogP contribution in [0.2, 0.25) is 0 Å². The highest BCUT2D eigenvalue weighted by Gasteiger charge is 2.38. The predicted molar refractivity (Wildman–Crippen MR) is 130 cm³/mol. The third-order valence-electron chi connectivity index (χ3n) is 5.46. The van der Waals surface area contributed by atoms with E-state index in [9.17, 15) is 27.2 Å². The van der Waals surface area contributed by atoms with Gasteiger partial charge >= 0.3 is 12.1 Å². The summed E-state index contributed by atoms with van der Waals surface area (Å²) >= 11 is 0. The van der Waals surface area contributed by atoms with Gasteiger partial charge in [0.15, 0.2) is 6.10 Å². The standard InChI is InChI=1S/C23H22FN5O3.C2HF3O2/c1-12-8-15(4-6-17(12)24)11-25-23(31)20-9-18(27-14(3)28-20)19-10-21(32-29-19)16-5-7-22(30)26-13(16)2;3-2(4,5)1(6)7/h4-9,21H,10-11H2,1-3H3,(H,25,31)(H,26,30);(H,6,7). The number of carboxylic acid groups (broad SMARTS) is 1. The zero-order chi connectivity index (χ0) is 28.9. The predicted octanol–water partition coefficient (Wildman–Crippen LogP) is 3.66. The zero-order valence-corrected chi connectivity index (χ0v) is 20.9. The van der Waals surface area contributed by atoms with Crippen molar-refractivity contribution >= 4 is 17.6 Å². The van der Waals surface area contributed by atoms with Crippen molar-refractivity contribution in [3.05, 3.63) is 92.2 Å². The third-order valence-corrected chi connectivity index (χ3v) is 5.46. The van der Waals surface area contributed by atoms with Gasteiger partial charge in [0, 0.05) is 30.3 Å². The van der Waals surface area contributed by atoms with E-state index >= 15 is 0 Å². The van der Waals surface area contributed by atoms with Crippen LogP contribution in [0.4, 0.5) is 17.6 Å². The summed E-state index contributed by atoms with van der Waals surface area (Å²) in [4.78, 5) is 50.0. The van der Waals surface area contributed by atoms with Crippen LogP contribution in [0.3, 0.4) is 0 Å². The number of aromatic amines is 1. The van der Waals surface area contributed by atoms with Crippen molar-refractivity contribution in [2.45, 2.75) is 46.0 Å². The minimum atomic E-state index is -5.08. The van der Waals surface area contributed by atoms with Gasteiger partial charge in [-0.1, -0.05) is 17.3 Å². The van der Waals surface area contributed by atoms with Crippen LogP contribution >= 0.6 is 0 Å². The van der Waals surface area contributed by atoms with Crippen LogP contribution in [0.15, 0.2) is 46.3 Å². The Kier molecular flexibility index (Phi) is 8.78. The number of carboxylic acids is 1. The molecule has 3 aromatic rings. The molecule has 0 radical (unpaired) electrons. The number of aryl methyl sites for hydroxylation is 3. The number of nitrogens with one attached hydrogen (secondary N) is 2. The molecule has 1 atom stereocenters. The highest BCUT2D eigenvalue weighted by molar-refractivity contribution is 6.02. The maximum absolute atomic E-state index is 13.4. The van der Waals surface area contributed by atoms with Crippen LogP contribution in [0.25, 0.3) is 0 Å². The largest absolute Gasteiger partial charge is 0.490 e. The molecular formula is C25H23F4N5O5. The first kappa shape index (κ1) is 28.9. The Hall–Kier alpha value is -4.62. The highest BCUT2D eigenvalue weighted by atomic mass is 19.4. The first-order chi connectivity index (χ1) is 18.2. The number of alkyl halides is 3. The Bertz CT molecular complexity index is 1490. The van der Waals surface area contributed by atoms with E-state index in [2.05, 4.69) is 25.4 Å². The third kappa shape index (κ3) is 7.69. The number of rotatable bonds is 5. The summed E-state index contributed by atoms with van der Waals surface area (Å²) in [6, 6.07) is 9.44. The van der Waals surface area contributed by atoms with Gasteiger partial charge in [0.05, 0.1) is 5.69 Å². The zero-order valence-electron chi connectivity index (χ0n) is 20.9. The van der Waals surface area contributed by atoms with Gasteiger partial charge in [-0.15, -0.1) is 0 Å². The van der Waals surface area contributed by atoms with Crippen molar-refractivity contribution < 1.29 is 37.1 Å². The molecule has 1 aliphatic heterocycles. The van der Waals surface area contributed by atoms with Gasteiger partial charge < -0.3 is 20.2 Å². The van der Waals surface area contributed by atoms with Gasteiger partial charge in [0.25, 0.3) is 5.91 Å². The molecule has 1 aromatic carbocycles. The van der Waals surface area contributed by atoms with Crippen molar-refractivity contribution in [2.24, 2.45) is 5.16 Å². The van der Waals surface area contributed by atoms with E-state index in [4.69, 9.17) is 14.7 Å². The quantitative estimate of drug-likeness (QED) is 0.412. The average molecular weight is 549 g/mol. The summed E-state index contributed by atoms with van der Waals surface area (Å²) in [6.45, 7) is 5.42. The number of hydrogen-bond acceptors (Lipinski definition) is 7. The number of amides is 1. The summed E-state index contributed by atoms with van der Waals surface area (Å²) < 4.78 is 45.2. The molecule has 0 aliphatic carbocycles. The van der Waals surface area contributed by atoms with E-state index in [1.807, 2.05) is 0 Å². The SMILES string of the molecule is Cc1nc(C(=O)NCc2ccc(F)c(C)c2)cc(C2=NOC(c3ccc(=O)[nH]c3C)C2)n1.O=C(O)C(F)(F)F. The molecule has 3 N–H and O–H groups in total. The second kappa shape index (κ2) is 11.8. The fraction of sp³-hybridized carbons (Fsp3) is 0.280. The number of nitrogens with zero attached hydrogens (tertiary/aromatic N) is 3. The molecule has 1 amide bonds. The molecular weight excluding hydrogens is 526 g/mol. The highest BCUT2D eigenvalue weighted by Crippen LogP contribution is 2.30. The van der Waals surface area contributed by atoms with E-state index in [0.717, 1.165) is 11.1 Å². The van der Waals surface area contributed by atoms with E-state index in [0.29, 0.717) is 34.9 Å². The molecule has 10 nitrogen and oxygen atoms in total. The lowest BCUT2D eigenvalue weighted by Crippen LogP contribution is -2.25. The maximum Gasteiger partial charge on any atom is 0.490 e. The van der Waals surface area contributed by atoms with Crippen molar-refractivity contribution in [1.29, 1.82) is 0 Å². The first-order valence-electron chi connectivity index (χ1n) is 11.4. The number of pyridine rings is 1. The van der Waals surface area contributed by atoms with Gasteiger partial charge in [-0.3, -0.25) is 9.59 Å². The van der Waals surface area contributed by atoms with Gasteiger partial charge in [0.1, 0.15) is 23.0 Å². The normalized spacial score (nSPS) is 14.5. The van der Waals surface area contributed by atoms with Crippen LogP contribution in [-0.4, -0.2) is 43.8 Å². The van der Waals surface area contributed by atoms with Gasteiger partial charge in [0.2, 0.25) is 5.56 Å². The second-order valence-electron chi connectivity index (χ2n) is 8.49. The second-order valence-corrected chi connectivity index (χ2v) is 8.49. The monoisotopic (exact) mass is 549 g/mol. The van der Waals surface area contributed by atoms with Crippen molar-refractivity contribution in [1.82, 2.24) is 20.3 Å². The van der Waals surface area contributed by atoms with Gasteiger partial charge in [-0.2, -0.15) is 13.2 Å². The molecule has 1 aliphatic rings. The van der Waals surface area contributed by atoms with Crippen LogP contribution < -0.4 is 10.9 Å². The van der Waals surface area contributed by atoms with E-state index in [-0.39, 0.29) is 35.6 Å². The van der Waals surface area contributed by atoms with Crippen molar-refractivity contribution in [3.63, 3.8) is 0 Å². The summed E-state index contributed by atoms with van der Waals surface area (Å²) in [7, 11) is 0. The molecule has 206 valence electrons. The number of halogens is 4. The molecule has 2 aromatic heterocycles. The molecule has 4 rings (SSSR count). The molecule has 0 spiro atoms. The van der Waals surface area contributed by atoms with Gasteiger partial charge in [-0.25, -0.2) is 19.2 Å². The fourth-order valence-corrected chi connectivity index (χ4v) is 3.55. The van der Waals surface area contributed by atoms with Crippen molar-refractivity contribution in [2.75, 3.05) is 0 Å². The lowest BCUT2D eigenvalue weighted by atomic mass is 10.0. The lowest BCUT2D eigenvalue weighted by molar-refractivity contribution is -0.192. The van der Waals surface area contributed by atoms with E-state index < -0.39 is 12.1 Å². The number of oxime groups is 1. The molecule has 0 saturated heterocycles. The summed E-state index contributed by atoms with van der Waals surface area (Å²) in [5.41, 5.74) is 3.98. The van der Waals surface area contributed by atoms with Crippen LogP contribution in [0, 0.1) is 26.6 Å². The topological polar surface area (TPSA) is 147 Å². The van der Waals surface area contributed by atoms with E-state index in [1.54, 1.807) is 45.0 Å². The molecule has 14 heteroatoms. The molecule has 1 unspecified atom stereocenters. The Labute approximate surface area is 218 Å². The Morgan fingerprint density at radius 3 is 2.44 bits per heavy atom. The number of hydrogen-bond donors (Lipinski definition) is 3. The van der Waals surface area contributed by atoms with Crippen LogP contribution in [0.1, 0.15) is 56.9 Å². The molecule has 3 heterocycles. The van der Waals surface area contributed by atoms with Crippen molar-refractivity contribution in [3.8, 4) is 0 Å². The Morgan fingerprint density at radius 2 is 1.82 bits per heavy atom. The maximum atomic E-state index is 13.4. The number of aromatic nitrogens is 3. The number of carbonyl (C=O) groups excluding carboxylic acids is 1. The minimum absolute atomic E-state index is 0.178. The Morgan fingerprint density at radius 1 is 1.13 bits per heavy atom. The number of carbonyl (C=O) groups is 2. The minimum Gasteiger partial charge on any atom is -0.475 e. The summed E-state index contributed by atoms with van der Waals surface area (Å²) in [5, 5.41) is 14.1. The molecule has 0 saturated carbocycles. The average Bonchev–Trinajstić information content (AvgIpc) is 3.34. The first-order valence-corrected chi connectivity index (χ1v) is 11.4. The van der Waals surface area contributed by atoms with Gasteiger partial charge in [-0.05, 0) is 50.1 Å². The number of benzene rings is 1. The molecule has 39 heavy (non-hydrogen) atoms. The summed E-state index contributed by atoms with van der Waals surface area (Å²) in [6.07, 6.45) is -4.99. The molecule has 0 fully saturated rings. The Balaban J connectivity index is 0.000000532. The van der Waals surface area contributed by atoms with Crippen LogP contribution in [-0.2, 0) is 16.2 Å². The molecule has 0 bridgehead atoms. The van der Waals surface area contributed by atoms with E-state index in [1.165, 1.54) is 12.1 Å². The summed E-state index contributed by atoms with van der Waals surface area (Å²) in [5.74, 6) is -2.98. The smallest absolute Gasteiger partial charge is 0.475 e. The number of H-pyrrole nitrogens is 1. The lowest BCUT2D eigenvalue weighted by Gasteiger charge is -2.11. The fourth-order valence-electron chi connectivity index (χ4n) is 3.55. The number of aliphatic carboxylic acids is 1.